The fraction of sp³-hybridized carbons (Fsp3) is 0.100. The van der Waals surface area contributed by atoms with Crippen LogP contribution in [-0.4, -0.2) is 25.5 Å². The number of nitrogens with one attached hydrogen (secondary N) is 1. The largest absolute Gasteiger partial charge is 0.375 e. The first-order valence-corrected chi connectivity index (χ1v) is 9.13. The Balaban J connectivity index is 1.80. The predicted octanol–water partition coefficient (Wildman–Crippen LogP) is 3.84. The number of benzene rings is 2. The SMILES string of the molecule is O=C(Cc1ncccc1CNc1ccc([N+](=O)[O-])cc1[N+](=O)[O-])c1cccc([N+](=O)[O-])c1. The summed E-state index contributed by atoms with van der Waals surface area (Å²) >= 11 is 0. The molecule has 0 atom stereocenters. The summed E-state index contributed by atoms with van der Waals surface area (Å²) in [5.41, 5.74) is 0.114. The first-order chi connectivity index (χ1) is 15.3. The normalized spacial score (nSPS) is 10.4. The van der Waals surface area contributed by atoms with Crippen molar-refractivity contribution in [3.8, 4) is 0 Å². The van der Waals surface area contributed by atoms with Gasteiger partial charge in [-0.25, -0.2) is 0 Å². The number of nitrogens with zero attached hydrogens (tertiary/aromatic N) is 4. The van der Waals surface area contributed by atoms with E-state index in [-0.39, 0.29) is 35.7 Å². The lowest BCUT2D eigenvalue weighted by Gasteiger charge is -2.11. The van der Waals surface area contributed by atoms with Gasteiger partial charge < -0.3 is 5.32 Å². The van der Waals surface area contributed by atoms with Gasteiger partial charge in [0.15, 0.2) is 5.78 Å². The van der Waals surface area contributed by atoms with Crippen LogP contribution in [0.2, 0.25) is 0 Å². The second kappa shape index (κ2) is 9.38. The molecular formula is C20H15N5O7. The second-order valence-electron chi connectivity index (χ2n) is 6.59. The quantitative estimate of drug-likeness (QED) is 0.296. The number of anilines is 1. The molecule has 12 heteroatoms. The molecule has 0 aliphatic carbocycles. The zero-order valence-corrected chi connectivity index (χ0v) is 16.3. The summed E-state index contributed by atoms with van der Waals surface area (Å²) in [7, 11) is 0. The highest BCUT2D eigenvalue weighted by Crippen LogP contribution is 2.29. The average molecular weight is 437 g/mol. The first kappa shape index (κ1) is 22.0. The summed E-state index contributed by atoms with van der Waals surface area (Å²) in [5, 5.41) is 35.9. The molecule has 0 aliphatic rings. The van der Waals surface area contributed by atoms with Gasteiger partial charge in [0.25, 0.3) is 17.1 Å². The van der Waals surface area contributed by atoms with Crippen LogP contribution in [0.1, 0.15) is 21.6 Å². The fourth-order valence-electron chi connectivity index (χ4n) is 2.96. The minimum Gasteiger partial charge on any atom is -0.375 e. The number of nitro benzene ring substituents is 3. The Morgan fingerprint density at radius 2 is 1.59 bits per heavy atom. The molecule has 1 N–H and O–H groups in total. The summed E-state index contributed by atoms with van der Waals surface area (Å²) in [5.74, 6) is -0.380. The molecule has 3 rings (SSSR count). The van der Waals surface area contributed by atoms with Crippen molar-refractivity contribution < 1.29 is 19.6 Å². The van der Waals surface area contributed by atoms with Crippen LogP contribution in [0, 0.1) is 30.3 Å². The summed E-state index contributed by atoms with van der Waals surface area (Å²) in [6.45, 7) is 0.0596. The molecule has 12 nitrogen and oxygen atoms in total. The molecule has 0 unspecified atom stereocenters. The van der Waals surface area contributed by atoms with Gasteiger partial charge in [-0.05, 0) is 17.7 Å². The van der Waals surface area contributed by atoms with Crippen LogP contribution < -0.4 is 5.32 Å². The monoisotopic (exact) mass is 437 g/mol. The van der Waals surface area contributed by atoms with Crippen LogP contribution in [0.25, 0.3) is 0 Å². The Kier molecular flexibility index (Phi) is 6.44. The Morgan fingerprint density at radius 1 is 0.875 bits per heavy atom. The number of rotatable bonds is 9. The molecule has 0 saturated carbocycles. The van der Waals surface area contributed by atoms with Crippen LogP contribution >= 0.6 is 0 Å². The minimum atomic E-state index is -0.731. The van der Waals surface area contributed by atoms with E-state index in [0.717, 1.165) is 12.1 Å². The fourth-order valence-corrected chi connectivity index (χ4v) is 2.96. The van der Waals surface area contributed by atoms with Gasteiger partial charge in [0.2, 0.25) is 0 Å². The van der Waals surface area contributed by atoms with Crippen molar-refractivity contribution >= 4 is 28.5 Å². The molecule has 0 spiro atoms. The maximum Gasteiger partial charge on any atom is 0.299 e. The molecule has 2 aromatic carbocycles. The number of non-ortho nitro benzene ring substituents is 2. The van der Waals surface area contributed by atoms with Crippen LogP contribution in [0.15, 0.2) is 60.8 Å². The highest BCUT2D eigenvalue weighted by Gasteiger charge is 2.20. The summed E-state index contributed by atoms with van der Waals surface area (Å²) in [6, 6.07) is 11.9. The van der Waals surface area contributed by atoms with E-state index < -0.39 is 26.1 Å². The molecule has 0 amide bonds. The van der Waals surface area contributed by atoms with Gasteiger partial charge in [0.1, 0.15) is 5.69 Å². The van der Waals surface area contributed by atoms with E-state index in [9.17, 15) is 35.1 Å². The zero-order chi connectivity index (χ0) is 23.3. The highest BCUT2D eigenvalue weighted by atomic mass is 16.6. The van der Waals surface area contributed by atoms with Crippen molar-refractivity contribution in [3.05, 3.63) is 108 Å². The van der Waals surface area contributed by atoms with Gasteiger partial charge in [-0.1, -0.05) is 18.2 Å². The number of carbonyl (C=O) groups excluding carboxylic acids is 1. The number of hydrogen-bond acceptors (Lipinski definition) is 9. The summed E-state index contributed by atoms with van der Waals surface area (Å²) in [4.78, 5) is 47.9. The molecule has 1 heterocycles. The highest BCUT2D eigenvalue weighted by molar-refractivity contribution is 5.98. The topological polar surface area (TPSA) is 171 Å². The number of carbonyl (C=O) groups is 1. The van der Waals surface area contributed by atoms with E-state index in [1.54, 1.807) is 12.1 Å². The number of Topliss-reactive ketones (excluding diaryl/α,β-unsaturated/α-hetero) is 1. The standard InChI is InChI=1S/C20H15N5O7/c26-20(13-3-1-5-15(9-13)23(27)28)11-18-14(4-2-8-21-18)12-22-17-7-6-16(24(29)30)10-19(17)25(31)32/h1-10,22H,11-12H2. The van der Waals surface area contributed by atoms with Crippen molar-refractivity contribution in [2.75, 3.05) is 5.32 Å². The zero-order valence-electron chi connectivity index (χ0n) is 16.3. The van der Waals surface area contributed by atoms with E-state index in [0.29, 0.717) is 11.3 Å². The molecule has 32 heavy (non-hydrogen) atoms. The van der Waals surface area contributed by atoms with Crippen molar-refractivity contribution in [1.82, 2.24) is 4.98 Å². The summed E-state index contributed by atoms with van der Waals surface area (Å²) < 4.78 is 0. The third kappa shape index (κ3) is 5.05. The number of ketones is 1. The van der Waals surface area contributed by atoms with E-state index in [1.165, 1.54) is 36.5 Å². The maximum atomic E-state index is 12.6. The molecule has 0 fully saturated rings. The summed E-state index contributed by atoms with van der Waals surface area (Å²) in [6.07, 6.45) is 1.34. The van der Waals surface area contributed by atoms with Crippen molar-refractivity contribution in [1.29, 1.82) is 0 Å². The molecule has 3 aromatic rings. The Bertz CT molecular complexity index is 1230. The van der Waals surface area contributed by atoms with Crippen LogP contribution in [0.3, 0.4) is 0 Å². The van der Waals surface area contributed by atoms with Gasteiger partial charge in [0.05, 0.1) is 33.0 Å². The van der Waals surface area contributed by atoms with Crippen LogP contribution in [0.5, 0.6) is 0 Å². The number of aromatic nitrogens is 1. The lowest BCUT2D eigenvalue weighted by atomic mass is 10.0. The van der Waals surface area contributed by atoms with Gasteiger partial charge >= 0.3 is 0 Å². The van der Waals surface area contributed by atoms with E-state index in [1.807, 2.05) is 0 Å². The van der Waals surface area contributed by atoms with E-state index in [2.05, 4.69) is 10.3 Å². The Hall–Kier alpha value is -4.74. The first-order valence-electron chi connectivity index (χ1n) is 9.13. The third-order valence-corrected chi connectivity index (χ3v) is 4.55. The molecule has 1 aromatic heterocycles. The van der Waals surface area contributed by atoms with Crippen LogP contribution in [-0.2, 0) is 13.0 Å². The van der Waals surface area contributed by atoms with E-state index in [4.69, 9.17) is 0 Å². The lowest BCUT2D eigenvalue weighted by molar-refractivity contribution is -0.393. The molecular weight excluding hydrogens is 422 g/mol. The van der Waals surface area contributed by atoms with Crippen molar-refractivity contribution in [2.45, 2.75) is 13.0 Å². The van der Waals surface area contributed by atoms with Gasteiger partial charge in [-0.2, -0.15) is 0 Å². The van der Waals surface area contributed by atoms with Crippen LogP contribution in [0.4, 0.5) is 22.7 Å². The third-order valence-electron chi connectivity index (χ3n) is 4.55. The van der Waals surface area contributed by atoms with Gasteiger partial charge in [0, 0.05) is 36.5 Å². The number of nitro groups is 3. The van der Waals surface area contributed by atoms with E-state index >= 15 is 0 Å². The molecule has 0 bridgehead atoms. The number of hydrogen-bond donors (Lipinski definition) is 1. The smallest absolute Gasteiger partial charge is 0.299 e. The Morgan fingerprint density at radius 3 is 2.28 bits per heavy atom. The number of pyridine rings is 1. The minimum absolute atomic E-state index is 0.0596. The Labute approximate surface area is 180 Å². The lowest BCUT2D eigenvalue weighted by Crippen LogP contribution is -2.11. The predicted molar refractivity (Wildman–Crippen MR) is 112 cm³/mol. The molecule has 0 saturated heterocycles. The van der Waals surface area contributed by atoms with Gasteiger partial charge in [-0.3, -0.25) is 40.1 Å². The second-order valence-corrected chi connectivity index (χ2v) is 6.59. The molecule has 0 aliphatic heterocycles. The van der Waals surface area contributed by atoms with Crippen molar-refractivity contribution in [3.63, 3.8) is 0 Å². The molecule has 0 radical (unpaired) electrons. The maximum absolute atomic E-state index is 12.6. The van der Waals surface area contributed by atoms with Gasteiger partial charge in [-0.15, -0.1) is 0 Å². The molecule has 162 valence electrons. The van der Waals surface area contributed by atoms with Crippen molar-refractivity contribution in [2.24, 2.45) is 0 Å². The average Bonchev–Trinajstić information content (AvgIpc) is 2.78.